The number of aliphatic imine (C=N–C) groups is 3. The number of carbonyl (C=O) groups excluding carboxylic acids is 3. The fourth-order valence-electron chi connectivity index (χ4n) is 6.05. The maximum absolute atomic E-state index is 13.1. The molecule has 3 aliphatic rings. The van der Waals surface area contributed by atoms with Crippen LogP contribution in [-0.2, 0) is 28.6 Å². The van der Waals surface area contributed by atoms with Gasteiger partial charge < -0.3 is 28.4 Å². The number of rotatable bonds is 18. The van der Waals surface area contributed by atoms with Crippen LogP contribution in [0.25, 0.3) is 18.2 Å². The van der Waals surface area contributed by atoms with Crippen LogP contribution < -0.4 is 14.2 Å². The zero-order chi connectivity index (χ0) is 41.8. The summed E-state index contributed by atoms with van der Waals surface area (Å²) in [4.78, 5) is 53.0. The lowest BCUT2D eigenvalue weighted by Crippen LogP contribution is -2.13. The molecule has 0 unspecified atom stereocenters. The highest BCUT2D eigenvalue weighted by Gasteiger charge is 2.31. The first-order valence-corrected chi connectivity index (χ1v) is 20.2. The molecule has 12 nitrogen and oxygen atoms in total. The smallest absolute Gasteiger partial charge is 0.363 e. The maximum Gasteiger partial charge on any atom is 0.363 e. The van der Waals surface area contributed by atoms with Gasteiger partial charge in [0.25, 0.3) is 0 Å². The fraction of sp³-hybridized carbons (Fsp3) is 0.250. The Kier molecular flexibility index (Phi) is 13.4. The van der Waals surface area contributed by atoms with Gasteiger partial charge in [-0.05, 0) is 109 Å². The molecule has 0 amide bonds. The minimum absolute atomic E-state index is 0.0160. The van der Waals surface area contributed by atoms with Crippen LogP contribution in [0.1, 0.15) is 92.7 Å². The van der Waals surface area contributed by atoms with E-state index in [1.165, 1.54) is 0 Å². The summed E-state index contributed by atoms with van der Waals surface area (Å²) in [7, 11) is 0. The van der Waals surface area contributed by atoms with Crippen LogP contribution in [-0.4, -0.2) is 55.4 Å². The maximum atomic E-state index is 13.1. The predicted octanol–water partition coefficient (Wildman–Crippen LogP) is 9.26. The minimum atomic E-state index is -0.659. The number of benzene rings is 4. The van der Waals surface area contributed by atoms with Gasteiger partial charge in [-0.15, -0.1) is 0 Å². The van der Waals surface area contributed by atoms with Crippen LogP contribution in [0.3, 0.4) is 0 Å². The fourth-order valence-corrected chi connectivity index (χ4v) is 6.05. The van der Waals surface area contributed by atoms with E-state index >= 15 is 0 Å². The van der Waals surface area contributed by atoms with Gasteiger partial charge in [-0.25, -0.2) is 29.4 Å². The van der Waals surface area contributed by atoms with E-state index in [0.29, 0.717) is 36.5 Å². The van der Waals surface area contributed by atoms with Gasteiger partial charge in [-0.1, -0.05) is 76.4 Å². The van der Waals surface area contributed by atoms with Crippen LogP contribution in [0.5, 0.6) is 17.2 Å². The number of esters is 3. The SMILES string of the molecule is CCCCOc1ccc(C=C2N=C(c3cc(C4=NC(=Cc5ccc(OCCCC)cc5)C(=O)O4)cc(C4=NC(=Cc5ccc(OCCCC)cc5)C(=O)O4)c3)OC2=O)cc1. The van der Waals surface area contributed by atoms with Crippen LogP contribution in [0.15, 0.2) is 123 Å². The van der Waals surface area contributed by atoms with Gasteiger partial charge in [0.2, 0.25) is 17.7 Å². The first kappa shape index (κ1) is 41.1. The molecule has 0 fully saturated rings. The number of carbonyl (C=O) groups is 3. The lowest BCUT2D eigenvalue weighted by Gasteiger charge is -2.08. The van der Waals surface area contributed by atoms with Crippen molar-refractivity contribution in [2.45, 2.75) is 59.3 Å². The molecule has 0 N–H and O–H groups in total. The van der Waals surface area contributed by atoms with Crippen molar-refractivity contribution in [2.75, 3.05) is 19.8 Å². The van der Waals surface area contributed by atoms with Crippen molar-refractivity contribution in [3.63, 3.8) is 0 Å². The Hall–Kier alpha value is -7.08. The van der Waals surface area contributed by atoms with Gasteiger partial charge in [0, 0.05) is 16.7 Å². The summed E-state index contributed by atoms with van der Waals surface area (Å²) in [5.74, 6) is 0.158. The molecule has 0 bridgehead atoms. The van der Waals surface area contributed by atoms with E-state index in [2.05, 4.69) is 35.7 Å². The molecule has 0 aliphatic carbocycles. The summed E-state index contributed by atoms with van der Waals surface area (Å²) < 4.78 is 34.3. The van der Waals surface area contributed by atoms with E-state index in [9.17, 15) is 14.4 Å². The molecule has 0 spiro atoms. The summed E-state index contributed by atoms with van der Waals surface area (Å²) >= 11 is 0. The molecular weight excluding hydrogens is 763 g/mol. The highest BCUT2D eigenvalue weighted by Crippen LogP contribution is 2.28. The Morgan fingerprint density at radius 2 is 0.700 bits per heavy atom. The first-order valence-electron chi connectivity index (χ1n) is 20.2. The topological polar surface area (TPSA) is 144 Å². The van der Waals surface area contributed by atoms with Gasteiger partial charge >= 0.3 is 17.9 Å². The average Bonchev–Trinajstić information content (AvgIpc) is 3.95. The molecule has 0 atom stereocenters. The third-order valence-corrected chi connectivity index (χ3v) is 9.39. The highest BCUT2D eigenvalue weighted by molar-refractivity contribution is 6.18. The molecule has 0 radical (unpaired) electrons. The van der Waals surface area contributed by atoms with Crippen molar-refractivity contribution < 1.29 is 42.8 Å². The van der Waals surface area contributed by atoms with E-state index in [1.54, 1.807) is 36.4 Å². The Morgan fingerprint density at radius 1 is 0.433 bits per heavy atom. The molecule has 0 saturated heterocycles. The second kappa shape index (κ2) is 19.6. The highest BCUT2D eigenvalue weighted by atomic mass is 16.6. The molecule has 3 aliphatic heterocycles. The van der Waals surface area contributed by atoms with Gasteiger partial charge in [0.05, 0.1) is 19.8 Å². The summed E-state index contributed by atoms with van der Waals surface area (Å²) in [6.45, 7) is 8.16. The van der Waals surface area contributed by atoms with Crippen molar-refractivity contribution >= 4 is 53.8 Å². The summed E-state index contributed by atoms with van der Waals surface area (Å²) in [5, 5.41) is 0. The minimum Gasteiger partial charge on any atom is -0.494 e. The number of unbranched alkanes of at least 4 members (excludes halogenated alkanes) is 3. The molecular formula is C48H45N3O9. The number of hydrogen-bond acceptors (Lipinski definition) is 12. The Labute approximate surface area is 348 Å². The molecule has 0 aromatic heterocycles. The Morgan fingerprint density at radius 3 is 0.950 bits per heavy atom. The van der Waals surface area contributed by atoms with Gasteiger partial charge in [-0.2, -0.15) is 0 Å². The van der Waals surface area contributed by atoms with Crippen LogP contribution >= 0.6 is 0 Å². The van der Waals surface area contributed by atoms with Crippen LogP contribution in [0.2, 0.25) is 0 Å². The third-order valence-electron chi connectivity index (χ3n) is 9.39. The molecule has 12 heteroatoms. The summed E-state index contributed by atoms with van der Waals surface area (Å²) in [5.41, 5.74) is 3.36. The molecule has 7 rings (SSSR count). The standard InChI is InChI=1S/C48H45N3O9/c1-4-7-22-55-37-16-10-31(11-17-37)25-40-46(52)58-43(49-40)34-28-35(44-50-41(47(53)59-44)26-32-12-18-38(19-13-32)56-23-8-5-2)30-36(29-34)45-51-42(48(54)60-45)27-33-14-20-39(21-15-33)57-24-9-6-3/h10-21,25-30H,4-9,22-24H2,1-3H3. The zero-order valence-corrected chi connectivity index (χ0v) is 33.8. The van der Waals surface area contributed by atoms with E-state index < -0.39 is 17.9 Å². The largest absolute Gasteiger partial charge is 0.494 e. The van der Waals surface area contributed by atoms with Crippen molar-refractivity contribution in [1.29, 1.82) is 0 Å². The van der Waals surface area contributed by atoms with Gasteiger partial charge in [-0.3, -0.25) is 0 Å². The number of ether oxygens (including phenoxy) is 6. The van der Waals surface area contributed by atoms with Crippen LogP contribution in [0.4, 0.5) is 0 Å². The van der Waals surface area contributed by atoms with E-state index in [1.807, 2.05) is 72.8 Å². The van der Waals surface area contributed by atoms with Gasteiger partial charge in [0.15, 0.2) is 17.1 Å². The molecule has 3 heterocycles. The Bertz CT molecular complexity index is 2140. The number of hydrogen-bond donors (Lipinski definition) is 0. The second-order valence-corrected chi connectivity index (χ2v) is 14.1. The zero-order valence-electron chi connectivity index (χ0n) is 33.8. The van der Waals surface area contributed by atoms with Crippen molar-refractivity contribution in [2.24, 2.45) is 15.0 Å². The third kappa shape index (κ3) is 10.5. The summed E-state index contributed by atoms with van der Waals surface area (Å²) in [6.07, 6.45) is 10.8. The van der Waals surface area contributed by atoms with E-state index in [4.69, 9.17) is 28.4 Å². The van der Waals surface area contributed by atoms with Crippen molar-refractivity contribution in [3.8, 4) is 17.2 Å². The quantitative estimate of drug-likeness (QED) is 0.0416. The molecule has 60 heavy (non-hydrogen) atoms. The molecule has 0 saturated carbocycles. The first-order chi connectivity index (χ1) is 29.3. The van der Waals surface area contributed by atoms with Gasteiger partial charge in [0.1, 0.15) is 17.2 Å². The molecule has 4 aromatic carbocycles. The van der Waals surface area contributed by atoms with Crippen LogP contribution in [0, 0.1) is 0 Å². The van der Waals surface area contributed by atoms with E-state index in [0.717, 1.165) is 72.5 Å². The van der Waals surface area contributed by atoms with Crippen molar-refractivity contribution in [3.05, 3.63) is 141 Å². The lowest BCUT2D eigenvalue weighted by atomic mass is 10.0. The summed E-state index contributed by atoms with van der Waals surface area (Å²) in [6, 6.07) is 26.8. The molecule has 306 valence electrons. The predicted molar refractivity (Wildman–Crippen MR) is 229 cm³/mol. The normalized spacial score (nSPS) is 16.8. The second-order valence-electron chi connectivity index (χ2n) is 14.1. The Balaban J connectivity index is 1.20. The van der Waals surface area contributed by atoms with E-state index in [-0.39, 0.29) is 34.8 Å². The number of cyclic esters (lactones) is 3. The lowest BCUT2D eigenvalue weighted by molar-refractivity contribution is -0.130. The average molecular weight is 808 g/mol. The number of nitrogens with zero attached hydrogens (tertiary/aromatic N) is 3. The monoisotopic (exact) mass is 807 g/mol. The molecule has 4 aromatic rings. The van der Waals surface area contributed by atoms with Crippen molar-refractivity contribution in [1.82, 2.24) is 0 Å².